The van der Waals surface area contributed by atoms with Crippen molar-refractivity contribution in [3.8, 4) is 0 Å². The van der Waals surface area contributed by atoms with Crippen LogP contribution in [0.3, 0.4) is 0 Å². The summed E-state index contributed by atoms with van der Waals surface area (Å²) in [7, 11) is 0. The summed E-state index contributed by atoms with van der Waals surface area (Å²) in [5.74, 6) is 0.520. The second kappa shape index (κ2) is 8.09. The molecule has 4 heteroatoms. The molecule has 1 heterocycles. The van der Waals surface area contributed by atoms with E-state index in [0.29, 0.717) is 18.9 Å². The molecule has 128 valence electrons. The molecule has 0 spiro atoms. The molecule has 1 fully saturated rings. The van der Waals surface area contributed by atoms with E-state index < -0.39 is 5.41 Å². The van der Waals surface area contributed by atoms with Gasteiger partial charge in [-0.05, 0) is 39.0 Å². The van der Waals surface area contributed by atoms with Crippen LogP contribution in [0.5, 0.6) is 0 Å². The summed E-state index contributed by atoms with van der Waals surface area (Å²) in [5.41, 5.74) is -0.493. The molecule has 22 heavy (non-hydrogen) atoms. The number of ether oxygens (including phenoxy) is 2. The zero-order chi connectivity index (χ0) is 16.9. The molecule has 5 atom stereocenters. The van der Waals surface area contributed by atoms with Crippen LogP contribution in [0, 0.1) is 23.2 Å². The highest BCUT2D eigenvalue weighted by Gasteiger charge is 2.41. The number of carbonyl (C=O) groups is 2. The normalized spacial score (nSPS) is 30.1. The van der Waals surface area contributed by atoms with Crippen LogP contribution >= 0.6 is 0 Å². The first-order valence-electron chi connectivity index (χ1n) is 8.48. The Hall–Kier alpha value is -0.900. The minimum Gasteiger partial charge on any atom is -0.465 e. The van der Waals surface area contributed by atoms with Crippen LogP contribution in [0.15, 0.2) is 0 Å². The van der Waals surface area contributed by atoms with Gasteiger partial charge in [0.15, 0.2) is 0 Å². The van der Waals surface area contributed by atoms with E-state index in [0.717, 1.165) is 19.1 Å². The van der Waals surface area contributed by atoms with E-state index in [1.165, 1.54) is 0 Å². The van der Waals surface area contributed by atoms with Gasteiger partial charge in [0.2, 0.25) is 0 Å². The van der Waals surface area contributed by atoms with E-state index in [4.69, 9.17) is 9.47 Å². The van der Waals surface area contributed by atoms with Gasteiger partial charge in [-0.1, -0.05) is 27.2 Å². The maximum Gasteiger partial charge on any atom is 0.311 e. The molecule has 1 saturated heterocycles. The molecule has 0 aromatic carbocycles. The molecule has 0 saturated carbocycles. The molecular formula is C18H32O4. The smallest absolute Gasteiger partial charge is 0.311 e. The summed E-state index contributed by atoms with van der Waals surface area (Å²) in [6.07, 6.45) is 3.71. The summed E-state index contributed by atoms with van der Waals surface area (Å²) < 4.78 is 11.4. The third kappa shape index (κ3) is 5.08. The Bertz CT molecular complexity index is 372. The van der Waals surface area contributed by atoms with Crippen LogP contribution < -0.4 is 0 Å². The van der Waals surface area contributed by atoms with Gasteiger partial charge < -0.3 is 14.3 Å². The molecule has 1 aliphatic rings. The quantitative estimate of drug-likeness (QED) is 0.532. The highest BCUT2D eigenvalue weighted by Crippen LogP contribution is 2.36. The van der Waals surface area contributed by atoms with Gasteiger partial charge in [-0.15, -0.1) is 0 Å². The lowest BCUT2D eigenvalue weighted by atomic mass is 9.85. The summed E-state index contributed by atoms with van der Waals surface area (Å²) in [6.45, 7) is 12.3. The van der Waals surface area contributed by atoms with Crippen molar-refractivity contribution < 1.29 is 19.1 Å². The molecular weight excluding hydrogens is 280 g/mol. The summed E-state index contributed by atoms with van der Waals surface area (Å²) in [4.78, 5) is 23.2. The van der Waals surface area contributed by atoms with Gasteiger partial charge in [-0.2, -0.15) is 0 Å². The van der Waals surface area contributed by atoms with E-state index in [1.54, 1.807) is 0 Å². The van der Waals surface area contributed by atoms with Crippen molar-refractivity contribution in [1.29, 1.82) is 0 Å². The van der Waals surface area contributed by atoms with Gasteiger partial charge in [-0.3, -0.25) is 4.79 Å². The largest absolute Gasteiger partial charge is 0.465 e. The molecule has 4 nitrogen and oxygen atoms in total. The summed E-state index contributed by atoms with van der Waals surface area (Å²) >= 11 is 0. The maximum absolute atomic E-state index is 11.8. The van der Waals surface area contributed by atoms with Gasteiger partial charge in [0.05, 0.1) is 24.2 Å². The lowest BCUT2D eigenvalue weighted by Crippen LogP contribution is -2.26. The third-order valence-corrected chi connectivity index (χ3v) is 4.71. The van der Waals surface area contributed by atoms with Crippen LogP contribution in [0.25, 0.3) is 0 Å². The number of esters is 1. The molecule has 0 bridgehead atoms. The Balaban J connectivity index is 2.52. The first-order chi connectivity index (χ1) is 10.2. The number of hydrogen-bond donors (Lipinski definition) is 0. The fourth-order valence-electron chi connectivity index (χ4n) is 2.82. The number of hydrogen-bond acceptors (Lipinski definition) is 4. The Morgan fingerprint density at radius 2 is 1.95 bits per heavy atom. The number of rotatable bonds is 7. The van der Waals surface area contributed by atoms with Crippen molar-refractivity contribution >= 4 is 12.3 Å². The second-order valence-corrected chi connectivity index (χ2v) is 7.71. The predicted octanol–water partition coefficient (Wildman–Crippen LogP) is 3.62. The fourth-order valence-corrected chi connectivity index (χ4v) is 2.82. The Kier molecular flexibility index (Phi) is 7.04. The van der Waals surface area contributed by atoms with E-state index in [9.17, 15) is 9.59 Å². The van der Waals surface area contributed by atoms with Crippen molar-refractivity contribution in [2.45, 2.75) is 73.0 Å². The van der Waals surface area contributed by atoms with Crippen molar-refractivity contribution in [3.63, 3.8) is 0 Å². The molecule has 0 N–H and O–H groups in total. The molecule has 0 radical (unpaired) electrons. The van der Waals surface area contributed by atoms with Crippen LogP contribution in [0.2, 0.25) is 0 Å². The van der Waals surface area contributed by atoms with E-state index >= 15 is 0 Å². The lowest BCUT2D eigenvalue weighted by molar-refractivity contribution is -0.153. The number of carbonyl (C=O) groups excluding carboxylic acids is 2. The van der Waals surface area contributed by atoms with Crippen LogP contribution in [-0.4, -0.2) is 31.1 Å². The zero-order valence-electron chi connectivity index (χ0n) is 14.9. The standard InChI is InChI=1S/C18H32O4/c1-7-12(2)10-16-13(3)14(11-19)15(22-16)8-9-21-17(20)18(4,5)6/h11-16H,7-10H2,1-6H3/t12-,13-,14?,15+,16-/m1/s1. The SMILES string of the molecule is CC[C@@H](C)C[C@H]1O[C@@H](CCOC(=O)C(C)(C)C)C(C=O)[C@H]1C. The van der Waals surface area contributed by atoms with Crippen molar-refractivity contribution in [3.05, 3.63) is 0 Å². The van der Waals surface area contributed by atoms with Crippen molar-refractivity contribution in [2.24, 2.45) is 23.2 Å². The lowest BCUT2D eigenvalue weighted by Gasteiger charge is -2.19. The van der Waals surface area contributed by atoms with Gasteiger partial charge in [-0.25, -0.2) is 0 Å². The monoisotopic (exact) mass is 312 g/mol. The third-order valence-electron chi connectivity index (χ3n) is 4.71. The topological polar surface area (TPSA) is 52.6 Å². The first-order valence-corrected chi connectivity index (χ1v) is 8.48. The average molecular weight is 312 g/mol. The van der Waals surface area contributed by atoms with Gasteiger partial charge in [0.25, 0.3) is 0 Å². The molecule has 0 aromatic heterocycles. The number of aldehydes is 1. The zero-order valence-corrected chi connectivity index (χ0v) is 14.9. The van der Waals surface area contributed by atoms with Gasteiger partial charge in [0.1, 0.15) is 6.29 Å². The van der Waals surface area contributed by atoms with Crippen molar-refractivity contribution in [2.75, 3.05) is 6.61 Å². The second-order valence-electron chi connectivity index (χ2n) is 7.71. The van der Waals surface area contributed by atoms with Crippen LogP contribution in [0.4, 0.5) is 0 Å². The van der Waals surface area contributed by atoms with Crippen LogP contribution in [-0.2, 0) is 19.1 Å². The minimum atomic E-state index is -0.493. The predicted molar refractivity (Wildman–Crippen MR) is 86.5 cm³/mol. The molecule has 0 aliphatic carbocycles. The molecule has 1 unspecified atom stereocenters. The molecule has 0 aromatic rings. The molecule has 0 amide bonds. The van der Waals surface area contributed by atoms with Crippen LogP contribution in [0.1, 0.15) is 60.8 Å². The highest BCUT2D eigenvalue weighted by molar-refractivity contribution is 5.75. The van der Waals surface area contributed by atoms with Gasteiger partial charge >= 0.3 is 5.97 Å². The van der Waals surface area contributed by atoms with E-state index in [2.05, 4.69) is 20.8 Å². The average Bonchev–Trinajstić information content (AvgIpc) is 2.73. The maximum atomic E-state index is 11.8. The summed E-state index contributed by atoms with van der Waals surface area (Å²) in [6, 6.07) is 0. The van der Waals surface area contributed by atoms with Crippen molar-refractivity contribution in [1.82, 2.24) is 0 Å². The first kappa shape index (κ1) is 19.1. The fraction of sp³-hybridized carbons (Fsp3) is 0.889. The summed E-state index contributed by atoms with van der Waals surface area (Å²) in [5, 5.41) is 0. The van der Waals surface area contributed by atoms with E-state index in [1.807, 2.05) is 20.8 Å². The highest BCUT2D eigenvalue weighted by atomic mass is 16.5. The minimum absolute atomic E-state index is 0.0950. The Morgan fingerprint density at radius 3 is 2.45 bits per heavy atom. The molecule has 1 aliphatic heterocycles. The van der Waals surface area contributed by atoms with E-state index in [-0.39, 0.29) is 30.0 Å². The molecule has 1 rings (SSSR count). The van der Waals surface area contributed by atoms with Gasteiger partial charge in [0, 0.05) is 12.3 Å². The Morgan fingerprint density at radius 1 is 1.32 bits per heavy atom. The Labute approximate surface area is 134 Å².